The summed E-state index contributed by atoms with van der Waals surface area (Å²) in [6.07, 6.45) is -4.72. The molecule has 1 unspecified atom stereocenters. The highest BCUT2D eigenvalue weighted by atomic mass is 19.4. The van der Waals surface area contributed by atoms with Gasteiger partial charge >= 0.3 is 6.36 Å². The van der Waals surface area contributed by atoms with E-state index in [-0.39, 0.29) is 12.3 Å². The van der Waals surface area contributed by atoms with Crippen LogP contribution in [0.5, 0.6) is 5.75 Å². The molecule has 0 aliphatic carbocycles. The van der Waals surface area contributed by atoms with Gasteiger partial charge in [0, 0.05) is 12.2 Å². The third kappa shape index (κ3) is 4.91. The molecule has 0 radical (unpaired) electrons. The number of benzene rings is 1. The molecule has 100 valence electrons. The Kier molecular flexibility index (Phi) is 4.38. The summed E-state index contributed by atoms with van der Waals surface area (Å²) >= 11 is 0. The monoisotopic (exact) mass is 263 g/mol. The van der Waals surface area contributed by atoms with Crippen LogP contribution in [0.1, 0.15) is 0 Å². The van der Waals surface area contributed by atoms with E-state index in [2.05, 4.69) is 10.1 Å². The molecule has 0 bridgehead atoms. The first-order valence-corrected chi connectivity index (χ1v) is 4.92. The van der Waals surface area contributed by atoms with Crippen molar-refractivity contribution in [2.24, 2.45) is 11.5 Å². The SMILES string of the molecule is NC(=O)C(N)CNc1ccc(OC(F)(F)F)cc1. The van der Waals surface area contributed by atoms with E-state index in [1.807, 2.05) is 0 Å². The van der Waals surface area contributed by atoms with Crippen LogP contribution in [0.3, 0.4) is 0 Å². The van der Waals surface area contributed by atoms with Crippen molar-refractivity contribution in [2.45, 2.75) is 12.4 Å². The molecule has 0 spiro atoms. The number of hydrogen-bond donors (Lipinski definition) is 3. The normalized spacial score (nSPS) is 12.9. The van der Waals surface area contributed by atoms with E-state index < -0.39 is 18.3 Å². The summed E-state index contributed by atoms with van der Waals surface area (Å²) < 4.78 is 39.3. The minimum Gasteiger partial charge on any atom is -0.406 e. The number of alkyl halides is 3. The first-order chi connectivity index (χ1) is 8.28. The molecule has 1 atom stereocenters. The second kappa shape index (κ2) is 5.58. The summed E-state index contributed by atoms with van der Waals surface area (Å²) in [6, 6.07) is 4.16. The molecule has 0 fully saturated rings. The summed E-state index contributed by atoms with van der Waals surface area (Å²) in [6.45, 7) is 0.0921. The Morgan fingerprint density at radius 3 is 2.33 bits per heavy atom. The Morgan fingerprint density at radius 1 is 1.33 bits per heavy atom. The second-order valence-corrected chi connectivity index (χ2v) is 3.46. The zero-order valence-corrected chi connectivity index (χ0v) is 9.20. The van der Waals surface area contributed by atoms with Crippen LogP contribution in [0, 0.1) is 0 Å². The fourth-order valence-corrected chi connectivity index (χ4v) is 1.10. The van der Waals surface area contributed by atoms with Gasteiger partial charge in [0.1, 0.15) is 11.8 Å². The molecule has 0 aromatic heterocycles. The van der Waals surface area contributed by atoms with Gasteiger partial charge in [0.05, 0.1) is 0 Å². The molecule has 0 heterocycles. The molecule has 5 nitrogen and oxygen atoms in total. The third-order valence-electron chi connectivity index (χ3n) is 1.98. The lowest BCUT2D eigenvalue weighted by Crippen LogP contribution is -2.41. The highest BCUT2D eigenvalue weighted by molar-refractivity contribution is 5.80. The smallest absolute Gasteiger partial charge is 0.406 e. The highest BCUT2D eigenvalue weighted by Gasteiger charge is 2.30. The molecule has 1 aromatic rings. The number of halogens is 3. The quantitative estimate of drug-likeness (QED) is 0.733. The van der Waals surface area contributed by atoms with E-state index in [9.17, 15) is 18.0 Å². The zero-order valence-electron chi connectivity index (χ0n) is 9.20. The maximum atomic E-state index is 11.9. The molecular formula is C10H12F3N3O2. The number of primary amides is 1. The van der Waals surface area contributed by atoms with Crippen LogP contribution in [-0.2, 0) is 4.79 Å². The highest BCUT2D eigenvalue weighted by Crippen LogP contribution is 2.23. The number of nitrogens with one attached hydrogen (secondary N) is 1. The second-order valence-electron chi connectivity index (χ2n) is 3.46. The van der Waals surface area contributed by atoms with Crippen LogP contribution in [0.25, 0.3) is 0 Å². The largest absolute Gasteiger partial charge is 0.573 e. The molecule has 1 rings (SSSR count). The Balaban J connectivity index is 2.53. The molecule has 8 heteroatoms. The van der Waals surface area contributed by atoms with Gasteiger partial charge < -0.3 is 21.5 Å². The first kappa shape index (κ1) is 14.1. The number of anilines is 1. The number of hydrogen-bond acceptors (Lipinski definition) is 4. The number of carbonyl (C=O) groups excluding carboxylic acids is 1. The molecule has 0 aliphatic rings. The molecule has 0 saturated heterocycles. The van der Waals surface area contributed by atoms with E-state index in [4.69, 9.17) is 11.5 Å². The van der Waals surface area contributed by atoms with Crippen LogP contribution < -0.4 is 21.5 Å². The molecule has 5 N–H and O–H groups in total. The van der Waals surface area contributed by atoms with Gasteiger partial charge in [-0.05, 0) is 24.3 Å². The van der Waals surface area contributed by atoms with Gasteiger partial charge in [-0.3, -0.25) is 4.79 Å². The number of rotatable bonds is 5. The van der Waals surface area contributed by atoms with Crippen molar-refractivity contribution < 1.29 is 22.7 Å². The predicted molar refractivity (Wildman–Crippen MR) is 58.8 cm³/mol. The van der Waals surface area contributed by atoms with E-state index in [0.29, 0.717) is 5.69 Å². The molecule has 1 aromatic carbocycles. The molecule has 0 aliphatic heterocycles. The minimum atomic E-state index is -4.72. The number of ether oxygens (including phenoxy) is 1. The minimum absolute atomic E-state index is 0.0921. The van der Waals surface area contributed by atoms with Crippen molar-refractivity contribution in [3.63, 3.8) is 0 Å². The van der Waals surface area contributed by atoms with E-state index >= 15 is 0 Å². The average molecular weight is 263 g/mol. The van der Waals surface area contributed by atoms with E-state index in [1.54, 1.807) is 0 Å². The van der Waals surface area contributed by atoms with Gasteiger partial charge in [-0.2, -0.15) is 0 Å². The lowest BCUT2D eigenvalue weighted by molar-refractivity contribution is -0.274. The van der Waals surface area contributed by atoms with E-state index in [0.717, 1.165) is 12.1 Å². The van der Waals surface area contributed by atoms with Crippen LogP contribution in [-0.4, -0.2) is 24.9 Å². The molecule has 1 amide bonds. The molecular weight excluding hydrogens is 251 g/mol. The lowest BCUT2D eigenvalue weighted by Gasteiger charge is -2.12. The fourth-order valence-electron chi connectivity index (χ4n) is 1.10. The number of amides is 1. The molecule has 18 heavy (non-hydrogen) atoms. The summed E-state index contributed by atoms with van der Waals surface area (Å²) in [5, 5.41) is 2.75. The standard InChI is InChI=1S/C10H12F3N3O2/c11-10(12,13)18-7-3-1-6(2-4-7)16-5-8(14)9(15)17/h1-4,8,16H,5,14H2,(H2,15,17). The average Bonchev–Trinajstić information content (AvgIpc) is 2.25. The van der Waals surface area contributed by atoms with E-state index in [1.165, 1.54) is 12.1 Å². The van der Waals surface area contributed by atoms with Crippen molar-refractivity contribution >= 4 is 11.6 Å². The van der Waals surface area contributed by atoms with Gasteiger partial charge in [0.15, 0.2) is 0 Å². The van der Waals surface area contributed by atoms with Gasteiger partial charge in [-0.25, -0.2) is 0 Å². The summed E-state index contributed by atoms with van der Waals surface area (Å²) in [7, 11) is 0. The van der Waals surface area contributed by atoms with Gasteiger partial charge in [0.2, 0.25) is 5.91 Å². The Bertz CT molecular complexity index is 406. The Hall–Kier alpha value is -1.96. The summed E-state index contributed by atoms with van der Waals surface area (Å²) in [4.78, 5) is 10.6. The summed E-state index contributed by atoms with van der Waals surface area (Å²) in [5.41, 5.74) is 10.8. The van der Waals surface area contributed by atoms with Crippen LogP contribution in [0.15, 0.2) is 24.3 Å². The first-order valence-electron chi connectivity index (χ1n) is 4.92. The maximum absolute atomic E-state index is 11.9. The van der Waals surface area contributed by atoms with Crippen LogP contribution >= 0.6 is 0 Å². The lowest BCUT2D eigenvalue weighted by atomic mass is 10.2. The Morgan fingerprint density at radius 2 is 1.89 bits per heavy atom. The number of carbonyl (C=O) groups is 1. The summed E-state index contributed by atoms with van der Waals surface area (Å²) in [5.74, 6) is -0.994. The van der Waals surface area contributed by atoms with Crippen molar-refractivity contribution in [2.75, 3.05) is 11.9 Å². The third-order valence-corrected chi connectivity index (χ3v) is 1.98. The Labute approximate surface area is 101 Å². The van der Waals surface area contributed by atoms with Gasteiger partial charge in [-0.1, -0.05) is 0 Å². The molecule has 0 saturated carbocycles. The van der Waals surface area contributed by atoms with Gasteiger partial charge in [-0.15, -0.1) is 13.2 Å². The number of nitrogens with two attached hydrogens (primary N) is 2. The van der Waals surface area contributed by atoms with Crippen LogP contribution in [0.2, 0.25) is 0 Å². The van der Waals surface area contributed by atoms with Crippen molar-refractivity contribution in [1.82, 2.24) is 0 Å². The van der Waals surface area contributed by atoms with Crippen LogP contribution in [0.4, 0.5) is 18.9 Å². The topological polar surface area (TPSA) is 90.4 Å². The predicted octanol–water partition coefficient (Wildman–Crippen LogP) is 0.810. The maximum Gasteiger partial charge on any atom is 0.573 e. The zero-order chi connectivity index (χ0) is 13.8. The van der Waals surface area contributed by atoms with Gasteiger partial charge in [0.25, 0.3) is 0 Å². The fraction of sp³-hybridized carbons (Fsp3) is 0.300. The van der Waals surface area contributed by atoms with Crippen molar-refractivity contribution in [1.29, 1.82) is 0 Å². The van der Waals surface area contributed by atoms with Crippen molar-refractivity contribution in [3.05, 3.63) is 24.3 Å². The van der Waals surface area contributed by atoms with Crippen molar-refractivity contribution in [3.8, 4) is 5.75 Å².